The second-order valence-electron chi connectivity index (χ2n) is 6.49. The first-order valence-electron chi connectivity index (χ1n) is 8.14. The molecule has 0 bridgehead atoms. The van der Waals surface area contributed by atoms with Crippen LogP contribution in [0.2, 0.25) is 0 Å². The lowest BCUT2D eigenvalue weighted by Crippen LogP contribution is -2.45. The van der Waals surface area contributed by atoms with Crippen molar-refractivity contribution in [1.29, 1.82) is 0 Å². The molecule has 0 aromatic carbocycles. The molecule has 0 aliphatic carbocycles. The number of carboxylic acids is 1. The molecule has 1 aliphatic rings. The van der Waals surface area contributed by atoms with Crippen molar-refractivity contribution in [2.75, 3.05) is 19.6 Å². The summed E-state index contributed by atoms with van der Waals surface area (Å²) in [6.07, 6.45) is 3.90. The third-order valence-electron chi connectivity index (χ3n) is 4.02. The van der Waals surface area contributed by atoms with Crippen molar-refractivity contribution in [2.24, 2.45) is 11.8 Å². The Balaban J connectivity index is 2.29. The van der Waals surface area contributed by atoms with Crippen LogP contribution in [0.4, 0.5) is 0 Å². The zero-order valence-electron chi connectivity index (χ0n) is 13.6. The Morgan fingerprint density at radius 2 is 2.00 bits per heavy atom. The summed E-state index contributed by atoms with van der Waals surface area (Å²) in [5, 5.41) is 11.4. The maximum atomic E-state index is 12.1. The van der Waals surface area contributed by atoms with E-state index < -0.39 is 5.97 Å². The van der Waals surface area contributed by atoms with Crippen molar-refractivity contribution in [2.45, 2.75) is 52.4 Å². The standard InChI is InChI=1S/C16H28N2O4/c1-12(2)5-7-14(19)17-10-15(20)18-9-3-4-13(11-18)6-8-16(21)22/h12-13H,3-11H2,1-2H3,(H,17,19)(H,21,22). The van der Waals surface area contributed by atoms with Crippen molar-refractivity contribution in [1.82, 2.24) is 10.2 Å². The van der Waals surface area contributed by atoms with E-state index >= 15 is 0 Å². The van der Waals surface area contributed by atoms with Crippen LogP contribution in [-0.2, 0) is 14.4 Å². The number of amides is 2. The van der Waals surface area contributed by atoms with E-state index in [1.54, 1.807) is 4.90 Å². The van der Waals surface area contributed by atoms with Crippen LogP contribution in [-0.4, -0.2) is 47.4 Å². The average molecular weight is 312 g/mol. The predicted molar refractivity (Wildman–Crippen MR) is 83.3 cm³/mol. The minimum Gasteiger partial charge on any atom is -0.481 e. The summed E-state index contributed by atoms with van der Waals surface area (Å²) in [7, 11) is 0. The van der Waals surface area contributed by atoms with Gasteiger partial charge in [-0.3, -0.25) is 14.4 Å². The Hall–Kier alpha value is -1.59. The molecule has 0 aromatic rings. The van der Waals surface area contributed by atoms with E-state index in [4.69, 9.17) is 5.11 Å². The summed E-state index contributed by atoms with van der Waals surface area (Å²) in [4.78, 5) is 36.1. The molecule has 2 amide bonds. The van der Waals surface area contributed by atoms with Crippen LogP contribution in [0.15, 0.2) is 0 Å². The van der Waals surface area contributed by atoms with Crippen LogP contribution < -0.4 is 5.32 Å². The topological polar surface area (TPSA) is 86.7 Å². The molecule has 6 nitrogen and oxygen atoms in total. The lowest BCUT2D eigenvalue weighted by molar-refractivity contribution is -0.137. The third-order valence-corrected chi connectivity index (χ3v) is 4.02. The van der Waals surface area contributed by atoms with Gasteiger partial charge in [-0.15, -0.1) is 0 Å². The Morgan fingerprint density at radius 1 is 1.27 bits per heavy atom. The second-order valence-corrected chi connectivity index (χ2v) is 6.49. The van der Waals surface area contributed by atoms with Gasteiger partial charge < -0.3 is 15.3 Å². The highest BCUT2D eigenvalue weighted by atomic mass is 16.4. The van der Waals surface area contributed by atoms with Gasteiger partial charge in [-0.2, -0.15) is 0 Å². The molecule has 1 heterocycles. The molecule has 22 heavy (non-hydrogen) atoms. The number of carbonyl (C=O) groups is 3. The number of likely N-dealkylation sites (tertiary alicyclic amines) is 1. The number of carbonyl (C=O) groups excluding carboxylic acids is 2. The van der Waals surface area contributed by atoms with Gasteiger partial charge in [-0.25, -0.2) is 0 Å². The van der Waals surface area contributed by atoms with Crippen LogP contribution >= 0.6 is 0 Å². The highest BCUT2D eigenvalue weighted by molar-refractivity contribution is 5.84. The number of piperidine rings is 1. The van der Waals surface area contributed by atoms with Gasteiger partial charge >= 0.3 is 5.97 Å². The van der Waals surface area contributed by atoms with Crippen LogP contribution in [0.25, 0.3) is 0 Å². The summed E-state index contributed by atoms with van der Waals surface area (Å²) >= 11 is 0. The minimum atomic E-state index is -0.791. The quantitative estimate of drug-likeness (QED) is 0.713. The molecular weight excluding hydrogens is 284 g/mol. The molecule has 0 radical (unpaired) electrons. The summed E-state index contributed by atoms with van der Waals surface area (Å²) in [6, 6.07) is 0. The smallest absolute Gasteiger partial charge is 0.303 e. The number of rotatable bonds is 8. The van der Waals surface area contributed by atoms with Crippen LogP contribution in [0.3, 0.4) is 0 Å². The lowest BCUT2D eigenvalue weighted by atomic mass is 9.93. The summed E-state index contributed by atoms with van der Waals surface area (Å²) in [5.41, 5.74) is 0. The normalized spacial score (nSPS) is 18.3. The molecular formula is C16H28N2O4. The molecule has 1 unspecified atom stereocenters. The molecule has 1 fully saturated rings. The Kier molecular flexibility index (Phi) is 7.91. The van der Waals surface area contributed by atoms with Gasteiger partial charge in [0.25, 0.3) is 0 Å². The van der Waals surface area contributed by atoms with Crippen molar-refractivity contribution >= 4 is 17.8 Å². The molecule has 0 aromatic heterocycles. The first-order chi connectivity index (χ1) is 10.4. The SMILES string of the molecule is CC(C)CCC(=O)NCC(=O)N1CCCC(CCC(=O)O)C1. The second kappa shape index (κ2) is 9.43. The van der Waals surface area contributed by atoms with Gasteiger partial charge in [0.1, 0.15) is 0 Å². The number of hydrogen-bond donors (Lipinski definition) is 2. The number of nitrogens with one attached hydrogen (secondary N) is 1. The predicted octanol–water partition coefficient (Wildman–Crippen LogP) is 1.64. The van der Waals surface area contributed by atoms with Crippen molar-refractivity contribution < 1.29 is 19.5 Å². The van der Waals surface area contributed by atoms with Gasteiger partial charge in [0.15, 0.2) is 0 Å². The molecule has 126 valence electrons. The number of aliphatic carboxylic acids is 1. The minimum absolute atomic E-state index is 0.0442. The zero-order valence-corrected chi connectivity index (χ0v) is 13.6. The molecule has 1 atom stereocenters. The highest BCUT2D eigenvalue weighted by Gasteiger charge is 2.24. The van der Waals surface area contributed by atoms with Gasteiger partial charge in [0.05, 0.1) is 6.54 Å². The molecule has 1 rings (SSSR count). The Morgan fingerprint density at radius 3 is 2.64 bits per heavy atom. The maximum absolute atomic E-state index is 12.1. The van der Waals surface area contributed by atoms with E-state index in [0.29, 0.717) is 31.8 Å². The largest absolute Gasteiger partial charge is 0.481 e. The van der Waals surface area contributed by atoms with Gasteiger partial charge in [0, 0.05) is 25.9 Å². The fourth-order valence-corrected chi connectivity index (χ4v) is 2.65. The fraction of sp³-hybridized carbons (Fsp3) is 0.812. The monoisotopic (exact) mass is 312 g/mol. The molecule has 1 aliphatic heterocycles. The van der Waals surface area contributed by atoms with Crippen molar-refractivity contribution in [3.63, 3.8) is 0 Å². The van der Waals surface area contributed by atoms with E-state index in [1.165, 1.54) is 0 Å². The Labute approximate surface area is 132 Å². The molecule has 2 N–H and O–H groups in total. The fourth-order valence-electron chi connectivity index (χ4n) is 2.65. The van der Waals surface area contributed by atoms with E-state index in [2.05, 4.69) is 19.2 Å². The number of nitrogens with zero attached hydrogens (tertiary/aromatic N) is 1. The average Bonchev–Trinajstić information content (AvgIpc) is 2.48. The van der Waals surface area contributed by atoms with Gasteiger partial charge in [-0.1, -0.05) is 13.8 Å². The van der Waals surface area contributed by atoms with Crippen molar-refractivity contribution in [3.8, 4) is 0 Å². The van der Waals surface area contributed by atoms with Crippen LogP contribution in [0, 0.1) is 11.8 Å². The molecule has 0 spiro atoms. The van der Waals surface area contributed by atoms with Crippen LogP contribution in [0.1, 0.15) is 52.4 Å². The van der Waals surface area contributed by atoms with Crippen LogP contribution in [0.5, 0.6) is 0 Å². The van der Waals surface area contributed by atoms with E-state index in [1.807, 2.05) is 0 Å². The van der Waals surface area contributed by atoms with Gasteiger partial charge in [0.2, 0.25) is 11.8 Å². The summed E-state index contributed by atoms with van der Waals surface area (Å²) < 4.78 is 0. The van der Waals surface area contributed by atoms with E-state index in [0.717, 1.165) is 19.3 Å². The first-order valence-corrected chi connectivity index (χ1v) is 8.14. The lowest BCUT2D eigenvalue weighted by Gasteiger charge is -2.32. The molecule has 0 saturated carbocycles. The number of hydrogen-bond acceptors (Lipinski definition) is 3. The zero-order chi connectivity index (χ0) is 16.5. The first kappa shape index (κ1) is 18.5. The highest BCUT2D eigenvalue weighted by Crippen LogP contribution is 2.20. The summed E-state index contributed by atoms with van der Waals surface area (Å²) in [5.74, 6) is -0.218. The van der Waals surface area contributed by atoms with Gasteiger partial charge in [-0.05, 0) is 37.5 Å². The number of carboxylic acid groups (broad SMARTS) is 1. The summed E-state index contributed by atoms with van der Waals surface area (Å²) in [6.45, 7) is 5.47. The van der Waals surface area contributed by atoms with E-state index in [-0.39, 0.29) is 30.7 Å². The molecule has 6 heteroatoms. The molecule has 1 saturated heterocycles. The third kappa shape index (κ3) is 7.43. The Bertz CT molecular complexity index is 396. The van der Waals surface area contributed by atoms with E-state index in [9.17, 15) is 14.4 Å². The van der Waals surface area contributed by atoms with Crippen molar-refractivity contribution in [3.05, 3.63) is 0 Å². The maximum Gasteiger partial charge on any atom is 0.303 e.